The topological polar surface area (TPSA) is 58.6 Å². The lowest BCUT2D eigenvalue weighted by Crippen LogP contribution is -2.48. The minimum absolute atomic E-state index is 0.0461. The number of esters is 1. The largest absolute Gasteiger partial charge is 0.469 e. The van der Waals surface area contributed by atoms with Crippen molar-refractivity contribution in [2.45, 2.75) is 46.1 Å². The summed E-state index contributed by atoms with van der Waals surface area (Å²) in [6.07, 6.45) is 2.16. The number of aryl methyl sites for hydroxylation is 2. The van der Waals surface area contributed by atoms with E-state index in [1.54, 1.807) is 4.90 Å². The van der Waals surface area contributed by atoms with E-state index in [-0.39, 0.29) is 24.0 Å². The Morgan fingerprint density at radius 1 is 1.21 bits per heavy atom. The molecule has 5 heteroatoms. The lowest BCUT2D eigenvalue weighted by atomic mass is 9.97. The highest BCUT2D eigenvalue weighted by Crippen LogP contribution is 2.18. The number of nitrogens with one attached hydrogen (secondary N) is 1. The molecule has 5 nitrogen and oxygen atoms in total. The van der Waals surface area contributed by atoms with Crippen LogP contribution in [0.5, 0.6) is 0 Å². The minimum atomic E-state index is -0.168. The first-order valence-electron chi connectivity index (χ1n) is 8.59. The van der Waals surface area contributed by atoms with Crippen LogP contribution in [0.4, 0.5) is 4.79 Å². The number of hydrogen-bond acceptors (Lipinski definition) is 3. The second kappa shape index (κ2) is 8.18. The molecule has 1 saturated heterocycles. The summed E-state index contributed by atoms with van der Waals surface area (Å²) >= 11 is 0. The summed E-state index contributed by atoms with van der Waals surface area (Å²) in [5.74, 6) is -0.245. The fourth-order valence-electron chi connectivity index (χ4n) is 3.38. The van der Waals surface area contributed by atoms with Crippen LogP contribution in [0.25, 0.3) is 0 Å². The summed E-state index contributed by atoms with van der Waals surface area (Å²) in [4.78, 5) is 25.7. The SMILES string of the molecule is COC(=O)C1CCN(C(=O)N[C@H](C)Cc2cc(C)cc(C)c2)CC1. The summed E-state index contributed by atoms with van der Waals surface area (Å²) in [6.45, 7) is 7.40. The molecule has 0 saturated carbocycles. The zero-order chi connectivity index (χ0) is 17.7. The second-order valence-corrected chi connectivity index (χ2v) is 6.84. The average molecular weight is 332 g/mol. The zero-order valence-corrected chi connectivity index (χ0v) is 15.1. The van der Waals surface area contributed by atoms with Crippen molar-refractivity contribution >= 4 is 12.0 Å². The molecule has 1 aromatic rings. The maximum atomic E-state index is 12.4. The Kier molecular flexibility index (Phi) is 6.23. The molecular weight excluding hydrogens is 304 g/mol. The first kappa shape index (κ1) is 18.3. The van der Waals surface area contributed by atoms with Gasteiger partial charge in [0.15, 0.2) is 0 Å². The van der Waals surface area contributed by atoms with E-state index in [9.17, 15) is 9.59 Å². The fourth-order valence-corrected chi connectivity index (χ4v) is 3.38. The number of ether oxygens (including phenoxy) is 1. The summed E-state index contributed by atoms with van der Waals surface area (Å²) in [7, 11) is 1.41. The number of rotatable bonds is 4. The van der Waals surface area contributed by atoms with Gasteiger partial charge in [0.25, 0.3) is 0 Å². The minimum Gasteiger partial charge on any atom is -0.469 e. The molecule has 1 atom stereocenters. The van der Waals surface area contributed by atoms with Gasteiger partial charge in [0.1, 0.15) is 0 Å². The Balaban J connectivity index is 1.83. The van der Waals surface area contributed by atoms with E-state index < -0.39 is 0 Å². The number of methoxy groups -OCH3 is 1. The number of piperidine rings is 1. The van der Waals surface area contributed by atoms with Crippen molar-refractivity contribution in [1.29, 1.82) is 0 Å². The van der Waals surface area contributed by atoms with Gasteiger partial charge in [-0.25, -0.2) is 4.79 Å². The van der Waals surface area contributed by atoms with E-state index in [0.717, 1.165) is 6.42 Å². The molecule has 1 aromatic carbocycles. The molecule has 132 valence electrons. The highest BCUT2D eigenvalue weighted by Gasteiger charge is 2.28. The highest BCUT2D eigenvalue weighted by molar-refractivity contribution is 5.76. The number of carbonyl (C=O) groups excluding carboxylic acids is 2. The lowest BCUT2D eigenvalue weighted by molar-refractivity contribution is -0.146. The predicted molar refractivity (Wildman–Crippen MR) is 93.9 cm³/mol. The quantitative estimate of drug-likeness (QED) is 0.863. The Morgan fingerprint density at radius 2 is 1.79 bits per heavy atom. The predicted octanol–water partition coefficient (Wildman–Crippen LogP) is 2.83. The van der Waals surface area contributed by atoms with E-state index >= 15 is 0 Å². The molecule has 1 aliphatic heterocycles. The molecule has 2 rings (SSSR count). The van der Waals surface area contributed by atoms with Crippen molar-refractivity contribution in [3.05, 3.63) is 34.9 Å². The molecule has 24 heavy (non-hydrogen) atoms. The number of benzene rings is 1. The number of amides is 2. The number of likely N-dealkylation sites (tertiary alicyclic amines) is 1. The van der Waals surface area contributed by atoms with Gasteiger partial charge in [0, 0.05) is 19.1 Å². The van der Waals surface area contributed by atoms with Crippen molar-refractivity contribution in [3.63, 3.8) is 0 Å². The molecule has 1 N–H and O–H groups in total. The Morgan fingerprint density at radius 3 is 2.33 bits per heavy atom. The van der Waals surface area contributed by atoms with Crippen LogP contribution in [-0.4, -0.2) is 43.1 Å². The van der Waals surface area contributed by atoms with E-state index in [1.807, 2.05) is 6.92 Å². The van der Waals surface area contributed by atoms with Crippen LogP contribution in [0, 0.1) is 19.8 Å². The van der Waals surface area contributed by atoms with Gasteiger partial charge in [-0.1, -0.05) is 29.3 Å². The summed E-state index contributed by atoms with van der Waals surface area (Å²) < 4.78 is 4.78. The summed E-state index contributed by atoms with van der Waals surface area (Å²) in [5.41, 5.74) is 3.73. The highest BCUT2D eigenvalue weighted by atomic mass is 16.5. The zero-order valence-electron chi connectivity index (χ0n) is 15.1. The van der Waals surface area contributed by atoms with E-state index in [2.05, 4.69) is 37.4 Å². The number of nitrogens with zero attached hydrogens (tertiary/aromatic N) is 1. The first-order valence-corrected chi connectivity index (χ1v) is 8.59. The maximum Gasteiger partial charge on any atom is 0.317 e. The van der Waals surface area contributed by atoms with Gasteiger partial charge in [-0.2, -0.15) is 0 Å². The Labute approximate surface area is 144 Å². The van der Waals surface area contributed by atoms with Crippen LogP contribution >= 0.6 is 0 Å². The van der Waals surface area contributed by atoms with Crippen molar-refractivity contribution in [3.8, 4) is 0 Å². The third-order valence-electron chi connectivity index (χ3n) is 4.51. The van der Waals surface area contributed by atoms with Crippen molar-refractivity contribution in [1.82, 2.24) is 10.2 Å². The van der Waals surface area contributed by atoms with Gasteiger partial charge in [-0.05, 0) is 45.6 Å². The molecule has 2 amide bonds. The maximum absolute atomic E-state index is 12.4. The molecule has 0 radical (unpaired) electrons. The molecule has 1 aliphatic rings. The molecule has 1 fully saturated rings. The van der Waals surface area contributed by atoms with Crippen LogP contribution in [0.2, 0.25) is 0 Å². The molecule has 0 aliphatic carbocycles. The third-order valence-corrected chi connectivity index (χ3v) is 4.51. The monoisotopic (exact) mass is 332 g/mol. The van der Waals surface area contributed by atoms with Crippen LogP contribution in [-0.2, 0) is 16.0 Å². The van der Waals surface area contributed by atoms with Gasteiger partial charge in [-0.15, -0.1) is 0 Å². The van der Waals surface area contributed by atoms with Crippen LogP contribution in [0.1, 0.15) is 36.5 Å². The van der Waals surface area contributed by atoms with Gasteiger partial charge in [-0.3, -0.25) is 4.79 Å². The van der Waals surface area contributed by atoms with Crippen molar-refractivity contribution < 1.29 is 14.3 Å². The molecule has 1 heterocycles. The van der Waals surface area contributed by atoms with Crippen LogP contribution in [0.3, 0.4) is 0 Å². The van der Waals surface area contributed by atoms with Crippen LogP contribution < -0.4 is 5.32 Å². The number of urea groups is 1. The summed E-state index contributed by atoms with van der Waals surface area (Å²) in [6, 6.07) is 6.50. The van der Waals surface area contributed by atoms with Gasteiger partial charge in [0.05, 0.1) is 13.0 Å². The fraction of sp³-hybridized carbons (Fsp3) is 0.579. The lowest BCUT2D eigenvalue weighted by Gasteiger charge is -2.31. The average Bonchev–Trinajstić information content (AvgIpc) is 2.53. The first-order chi connectivity index (χ1) is 11.4. The van der Waals surface area contributed by atoms with Gasteiger partial charge in [0.2, 0.25) is 0 Å². The molecule has 0 unspecified atom stereocenters. The van der Waals surface area contributed by atoms with E-state index in [1.165, 1.54) is 23.8 Å². The van der Waals surface area contributed by atoms with E-state index in [4.69, 9.17) is 4.74 Å². The molecular formula is C19H28N2O3. The van der Waals surface area contributed by atoms with Crippen LogP contribution in [0.15, 0.2) is 18.2 Å². The number of carbonyl (C=O) groups is 2. The second-order valence-electron chi connectivity index (χ2n) is 6.84. The normalized spacial score (nSPS) is 16.6. The number of hydrogen-bond donors (Lipinski definition) is 1. The molecule has 0 bridgehead atoms. The third kappa shape index (κ3) is 4.98. The Hall–Kier alpha value is -2.04. The van der Waals surface area contributed by atoms with E-state index in [0.29, 0.717) is 25.9 Å². The standard InChI is InChI=1S/C19H28N2O3/c1-13-9-14(2)11-16(10-13)12-15(3)20-19(23)21-7-5-17(6-8-21)18(22)24-4/h9-11,15,17H,5-8,12H2,1-4H3,(H,20,23)/t15-/m1/s1. The summed E-state index contributed by atoms with van der Waals surface area (Å²) in [5, 5.41) is 3.07. The van der Waals surface area contributed by atoms with Crippen molar-refractivity contribution in [2.75, 3.05) is 20.2 Å². The smallest absolute Gasteiger partial charge is 0.317 e. The molecule has 0 aromatic heterocycles. The van der Waals surface area contributed by atoms with Gasteiger partial charge >= 0.3 is 12.0 Å². The van der Waals surface area contributed by atoms with Gasteiger partial charge < -0.3 is 15.0 Å². The molecule has 0 spiro atoms. The Bertz CT molecular complexity index is 572. The van der Waals surface area contributed by atoms with Crippen molar-refractivity contribution in [2.24, 2.45) is 5.92 Å².